The molecule has 2 bridgehead atoms. The second-order valence-electron chi connectivity index (χ2n) is 10.6. The number of aliphatic hydroxyl groups is 1. The molecule has 0 spiro atoms. The van der Waals surface area contributed by atoms with Gasteiger partial charge in [0.1, 0.15) is 11.6 Å². The normalized spacial score (nSPS) is 25.0. The molecule has 1 amide bonds. The number of carbonyl (C=O) groups excluding carboxylic acids is 1. The summed E-state index contributed by atoms with van der Waals surface area (Å²) in [6, 6.07) is 7.34. The lowest BCUT2D eigenvalue weighted by Crippen LogP contribution is -2.65. The molecule has 1 atom stereocenters. The van der Waals surface area contributed by atoms with Gasteiger partial charge in [-0.05, 0) is 62.4 Å². The van der Waals surface area contributed by atoms with Crippen LogP contribution in [0.3, 0.4) is 0 Å². The Kier molecular flexibility index (Phi) is 6.20. The van der Waals surface area contributed by atoms with E-state index in [9.17, 15) is 9.90 Å². The van der Waals surface area contributed by atoms with Gasteiger partial charge in [0.2, 0.25) is 0 Å². The van der Waals surface area contributed by atoms with Crippen molar-refractivity contribution in [1.29, 1.82) is 0 Å². The smallest absolute Gasteiger partial charge is 0.263 e. The van der Waals surface area contributed by atoms with E-state index in [1.54, 1.807) is 13.2 Å². The van der Waals surface area contributed by atoms with Crippen molar-refractivity contribution < 1.29 is 28.5 Å². The number of pyridine rings is 2. The van der Waals surface area contributed by atoms with E-state index >= 15 is 4.39 Å². The number of nitrogens with zero attached hydrogens (tertiary/aromatic N) is 2. The second kappa shape index (κ2) is 9.44. The number of fused-ring (bicyclic) bond motifs is 5. The molecule has 1 aromatic carbocycles. The van der Waals surface area contributed by atoms with Crippen molar-refractivity contribution in [2.24, 2.45) is 0 Å². The van der Waals surface area contributed by atoms with E-state index in [1.165, 1.54) is 6.20 Å². The zero-order valence-corrected chi connectivity index (χ0v) is 21.5. The van der Waals surface area contributed by atoms with Gasteiger partial charge in [-0.15, -0.1) is 0 Å². The summed E-state index contributed by atoms with van der Waals surface area (Å²) in [5.41, 5.74) is 1.86. The van der Waals surface area contributed by atoms with E-state index in [0.717, 1.165) is 24.1 Å². The first-order valence-corrected chi connectivity index (χ1v) is 12.9. The van der Waals surface area contributed by atoms with Gasteiger partial charge in [0.25, 0.3) is 5.91 Å². The highest BCUT2D eigenvalue weighted by atomic mass is 19.1. The molecule has 5 heterocycles. The minimum atomic E-state index is -0.863. The summed E-state index contributed by atoms with van der Waals surface area (Å²) in [5.74, 6) is 0.971. The van der Waals surface area contributed by atoms with E-state index in [0.29, 0.717) is 59.8 Å². The molecule has 3 aromatic rings. The molecule has 1 saturated carbocycles. The Labute approximate surface area is 219 Å². The number of benzene rings is 1. The molecule has 200 valence electrons. The quantitative estimate of drug-likeness (QED) is 0.434. The number of hydrogen-bond acceptors (Lipinski definition) is 8. The third-order valence-corrected chi connectivity index (χ3v) is 8.30. The first kappa shape index (κ1) is 25.0. The first-order chi connectivity index (χ1) is 18.3. The van der Waals surface area contributed by atoms with Crippen LogP contribution >= 0.6 is 0 Å². The number of rotatable bonds is 7. The Hall–Kier alpha value is -3.34. The molecule has 1 aliphatic carbocycles. The lowest BCUT2D eigenvalue weighted by atomic mass is 9.68. The minimum absolute atomic E-state index is 0.00180. The van der Waals surface area contributed by atoms with Crippen LogP contribution in [0.4, 0.5) is 10.2 Å². The number of hydrogen-bond donors (Lipinski definition) is 3. The van der Waals surface area contributed by atoms with Crippen molar-refractivity contribution >= 4 is 22.6 Å². The van der Waals surface area contributed by atoms with E-state index in [2.05, 4.69) is 20.6 Å². The van der Waals surface area contributed by atoms with E-state index in [4.69, 9.17) is 14.2 Å². The van der Waals surface area contributed by atoms with Gasteiger partial charge in [-0.3, -0.25) is 9.78 Å². The van der Waals surface area contributed by atoms with Crippen LogP contribution < -0.4 is 20.1 Å². The highest BCUT2D eigenvalue weighted by molar-refractivity contribution is 5.94. The fourth-order valence-electron chi connectivity index (χ4n) is 5.94. The lowest BCUT2D eigenvalue weighted by molar-refractivity contribution is -0.208. The van der Waals surface area contributed by atoms with E-state index in [1.807, 2.05) is 25.1 Å². The third-order valence-electron chi connectivity index (χ3n) is 8.30. The third kappa shape index (κ3) is 4.36. The van der Waals surface area contributed by atoms with Crippen LogP contribution in [0.25, 0.3) is 10.9 Å². The Morgan fingerprint density at radius 3 is 2.82 bits per heavy atom. The Morgan fingerprint density at radius 2 is 2.08 bits per heavy atom. The molecule has 9 nitrogen and oxygen atoms in total. The summed E-state index contributed by atoms with van der Waals surface area (Å²) in [4.78, 5) is 20.4. The van der Waals surface area contributed by atoms with Crippen molar-refractivity contribution in [3.05, 3.63) is 53.1 Å². The first-order valence-electron chi connectivity index (χ1n) is 12.9. The lowest BCUT2D eigenvalue weighted by Gasteiger charge is -2.55. The number of methoxy groups -OCH3 is 1. The van der Waals surface area contributed by atoms with E-state index in [-0.39, 0.29) is 24.5 Å². The summed E-state index contributed by atoms with van der Waals surface area (Å²) < 4.78 is 32.1. The van der Waals surface area contributed by atoms with E-state index < -0.39 is 17.5 Å². The molecule has 38 heavy (non-hydrogen) atoms. The van der Waals surface area contributed by atoms with Crippen molar-refractivity contribution in [3.63, 3.8) is 0 Å². The predicted molar refractivity (Wildman–Crippen MR) is 138 cm³/mol. The molecule has 7 rings (SSSR count). The van der Waals surface area contributed by atoms with Gasteiger partial charge in [0.15, 0.2) is 18.2 Å². The average Bonchev–Trinajstić information content (AvgIpc) is 2.94. The van der Waals surface area contributed by atoms with Crippen LogP contribution in [0, 0.1) is 12.7 Å². The van der Waals surface area contributed by atoms with Gasteiger partial charge in [-0.2, -0.15) is 0 Å². The van der Waals surface area contributed by atoms with Crippen LogP contribution in [0.2, 0.25) is 0 Å². The molecule has 3 aliphatic heterocycles. The van der Waals surface area contributed by atoms with Crippen LogP contribution in [0.1, 0.15) is 42.5 Å². The van der Waals surface area contributed by atoms with Crippen molar-refractivity contribution in [3.8, 4) is 11.5 Å². The molecule has 3 fully saturated rings. The van der Waals surface area contributed by atoms with Crippen molar-refractivity contribution in [1.82, 2.24) is 15.3 Å². The number of anilines is 1. The zero-order chi connectivity index (χ0) is 26.5. The molecule has 1 unspecified atom stereocenters. The molecule has 2 aromatic heterocycles. The molecular weight excluding hydrogens is 491 g/mol. The van der Waals surface area contributed by atoms with Gasteiger partial charge in [0, 0.05) is 29.5 Å². The van der Waals surface area contributed by atoms with Crippen molar-refractivity contribution in [2.45, 2.75) is 62.8 Å². The van der Waals surface area contributed by atoms with Gasteiger partial charge < -0.3 is 30.0 Å². The molecule has 0 radical (unpaired) electrons. The number of aryl methyl sites for hydroxylation is 1. The molecular formula is C28H31FN4O5. The number of nitrogens with one attached hydrogen (secondary N) is 2. The summed E-state index contributed by atoms with van der Waals surface area (Å²) in [5, 5.41) is 18.4. The maximum absolute atomic E-state index is 15.0. The van der Waals surface area contributed by atoms with Crippen molar-refractivity contribution in [2.75, 3.05) is 25.6 Å². The van der Waals surface area contributed by atoms with Crippen LogP contribution in [0.15, 0.2) is 30.5 Å². The summed E-state index contributed by atoms with van der Waals surface area (Å²) in [6.45, 7) is 2.87. The topological polar surface area (TPSA) is 115 Å². The molecule has 3 N–H and O–H groups in total. The maximum Gasteiger partial charge on any atom is 0.263 e. The van der Waals surface area contributed by atoms with Gasteiger partial charge in [-0.25, -0.2) is 9.37 Å². The number of ether oxygens (including phenoxy) is 3. The minimum Gasteiger partial charge on any atom is -0.497 e. The summed E-state index contributed by atoms with van der Waals surface area (Å²) >= 11 is 0. The summed E-state index contributed by atoms with van der Waals surface area (Å²) in [7, 11) is 1.58. The SMILES string of the molecule is COc1cc(C)c2ncc(F)c(CC(O)C34CCC(NCc5ccc6c(n5)NC(=O)CO6)(CC3)CO4)c2c1. The fraction of sp³-hybridized carbons (Fsp3) is 0.464. The highest BCUT2D eigenvalue weighted by Gasteiger charge is 2.53. The number of amides is 1. The van der Waals surface area contributed by atoms with Crippen LogP contribution in [0.5, 0.6) is 11.5 Å². The Morgan fingerprint density at radius 1 is 1.26 bits per heavy atom. The molecule has 10 heteroatoms. The van der Waals surface area contributed by atoms with Gasteiger partial charge >= 0.3 is 0 Å². The van der Waals surface area contributed by atoms with Gasteiger partial charge in [-0.1, -0.05) is 0 Å². The number of halogens is 1. The highest BCUT2D eigenvalue weighted by Crippen LogP contribution is 2.46. The molecule has 2 saturated heterocycles. The Balaban J connectivity index is 1.14. The van der Waals surface area contributed by atoms with Gasteiger partial charge in [0.05, 0.1) is 42.8 Å². The largest absolute Gasteiger partial charge is 0.497 e. The molecule has 4 aliphatic rings. The fourth-order valence-corrected chi connectivity index (χ4v) is 5.94. The zero-order valence-electron chi connectivity index (χ0n) is 21.5. The second-order valence-corrected chi connectivity index (χ2v) is 10.6. The average molecular weight is 523 g/mol. The maximum atomic E-state index is 15.0. The predicted octanol–water partition coefficient (Wildman–Crippen LogP) is 3.19. The number of carbonyl (C=O) groups is 1. The van der Waals surface area contributed by atoms with Crippen LogP contribution in [-0.4, -0.2) is 58.5 Å². The standard InChI is InChI=1S/C28H31FN4O5/c1-16-9-18(36-2)10-20-19(21(29)13-30-25(16)20)11-23(34)28-7-5-27(6-8-28,15-38-28)31-12-17-3-4-22-26(32-17)33-24(35)14-37-22/h3-4,9-10,13,23,31,34H,5-8,11-12,14-15H2,1-2H3,(H,32,33,35). The number of aliphatic hydroxyl groups excluding tert-OH is 1. The summed E-state index contributed by atoms with van der Waals surface area (Å²) in [6.07, 6.45) is 3.46. The monoisotopic (exact) mass is 522 g/mol. The Bertz CT molecular complexity index is 1390. The van der Waals surface area contributed by atoms with Crippen LogP contribution in [-0.2, 0) is 22.5 Å². The number of aromatic nitrogens is 2.